The molecule has 240 valence electrons. The van der Waals surface area contributed by atoms with Crippen LogP contribution in [0.5, 0.6) is 0 Å². The first kappa shape index (κ1) is 30.6. The standard InChI is InChI=1S/C37H37N5O5/c1-40-22-27(20-33(37(40)45)39-35-11-9-29(21-38-35)41-13-16-47-17-14-41)30-4-3-5-34(32(30)23-46-2)42-28(12-15-43)19-26-18-25(24-6-7-24)8-10-31(26)36(42)44/h3-5,8-11,15,18-22,24H,6-7,12-14,16-17,23H2,1-2H3,(H,38,39). The van der Waals surface area contributed by atoms with Gasteiger partial charge in [-0.1, -0.05) is 24.3 Å². The van der Waals surface area contributed by atoms with Crippen LogP contribution in [-0.4, -0.2) is 53.8 Å². The predicted octanol–water partition coefficient (Wildman–Crippen LogP) is 5.10. The summed E-state index contributed by atoms with van der Waals surface area (Å²) in [5.74, 6) is 1.10. The van der Waals surface area contributed by atoms with Gasteiger partial charge in [-0.25, -0.2) is 4.98 Å². The summed E-state index contributed by atoms with van der Waals surface area (Å²) in [5.41, 5.74) is 5.75. The van der Waals surface area contributed by atoms with Crippen LogP contribution in [-0.2, 0) is 34.3 Å². The first-order chi connectivity index (χ1) is 22.9. The van der Waals surface area contributed by atoms with Crippen molar-refractivity contribution in [3.8, 4) is 16.8 Å². The smallest absolute Gasteiger partial charge is 0.274 e. The van der Waals surface area contributed by atoms with E-state index in [4.69, 9.17) is 9.47 Å². The molecule has 2 fully saturated rings. The van der Waals surface area contributed by atoms with Crippen LogP contribution in [0.15, 0.2) is 82.6 Å². The second-order valence-corrected chi connectivity index (χ2v) is 12.2. The molecule has 0 atom stereocenters. The lowest BCUT2D eigenvalue weighted by atomic mass is 9.98. The number of hydrogen-bond acceptors (Lipinski definition) is 8. The molecule has 7 rings (SSSR count). The number of morpholine rings is 1. The molecule has 5 aromatic rings. The van der Waals surface area contributed by atoms with Gasteiger partial charge in [-0.3, -0.25) is 14.2 Å². The zero-order valence-electron chi connectivity index (χ0n) is 26.6. The number of carbonyl (C=O) groups is 1. The molecule has 10 nitrogen and oxygen atoms in total. The number of hydrogen-bond donors (Lipinski definition) is 1. The number of carbonyl (C=O) groups excluding carboxylic acids is 1. The Bertz CT molecular complexity index is 2080. The van der Waals surface area contributed by atoms with Gasteiger partial charge in [0.1, 0.15) is 17.8 Å². The number of aromatic nitrogens is 3. The summed E-state index contributed by atoms with van der Waals surface area (Å²) >= 11 is 0. The molecule has 0 spiro atoms. The van der Waals surface area contributed by atoms with Crippen molar-refractivity contribution >= 4 is 34.3 Å². The molecular weight excluding hydrogens is 594 g/mol. The lowest BCUT2D eigenvalue weighted by Crippen LogP contribution is -2.36. The molecule has 10 heteroatoms. The molecule has 1 aliphatic heterocycles. The van der Waals surface area contributed by atoms with Gasteiger partial charge in [-0.05, 0) is 71.7 Å². The van der Waals surface area contributed by atoms with Crippen molar-refractivity contribution in [3.63, 3.8) is 0 Å². The minimum absolute atomic E-state index is 0.0840. The number of anilines is 3. The third-order valence-electron chi connectivity index (χ3n) is 9.02. The Morgan fingerprint density at radius 1 is 1.02 bits per heavy atom. The Hall–Kier alpha value is -5.06. The first-order valence-electron chi connectivity index (χ1n) is 16.0. The molecule has 0 bridgehead atoms. The van der Waals surface area contributed by atoms with Gasteiger partial charge in [0.2, 0.25) is 0 Å². The van der Waals surface area contributed by atoms with Crippen LogP contribution in [0.4, 0.5) is 17.2 Å². The maximum Gasteiger partial charge on any atom is 0.274 e. The Balaban J connectivity index is 1.30. The summed E-state index contributed by atoms with van der Waals surface area (Å²) in [7, 11) is 3.31. The Morgan fingerprint density at radius 2 is 1.85 bits per heavy atom. The van der Waals surface area contributed by atoms with Crippen LogP contribution in [0.3, 0.4) is 0 Å². The highest BCUT2D eigenvalue weighted by atomic mass is 16.5. The molecule has 2 aliphatic rings. The number of benzene rings is 2. The number of aryl methyl sites for hydroxylation is 1. The average Bonchev–Trinajstić information content (AvgIpc) is 3.94. The van der Waals surface area contributed by atoms with Crippen molar-refractivity contribution in [1.29, 1.82) is 0 Å². The van der Waals surface area contributed by atoms with E-state index in [0.29, 0.717) is 47.4 Å². The molecule has 1 N–H and O–H groups in total. The average molecular weight is 632 g/mol. The van der Waals surface area contributed by atoms with Gasteiger partial charge in [0.05, 0.1) is 37.4 Å². The summed E-state index contributed by atoms with van der Waals surface area (Å²) in [5, 5.41) is 4.65. The third kappa shape index (κ3) is 6.09. The van der Waals surface area contributed by atoms with E-state index in [1.165, 1.54) is 10.1 Å². The van der Waals surface area contributed by atoms with Crippen LogP contribution >= 0.6 is 0 Å². The Morgan fingerprint density at radius 3 is 2.57 bits per heavy atom. The van der Waals surface area contributed by atoms with E-state index in [1.807, 2.05) is 48.5 Å². The van der Waals surface area contributed by atoms with Crippen LogP contribution in [0.25, 0.3) is 27.6 Å². The van der Waals surface area contributed by atoms with Crippen LogP contribution < -0.4 is 21.3 Å². The Labute approximate surface area is 272 Å². The zero-order valence-corrected chi connectivity index (χ0v) is 26.6. The fraction of sp³-hybridized carbons (Fsp3) is 0.297. The molecule has 4 heterocycles. The number of nitrogens with one attached hydrogen (secondary N) is 1. The fourth-order valence-corrected chi connectivity index (χ4v) is 6.47. The number of methoxy groups -OCH3 is 1. The summed E-state index contributed by atoms with van der Waals surface area (Å²) in [6, 6.07) is 19.3. The largest absolute Gasteiger partial charge is 0.380 e. The minimum Gasteiger partial charge on any atom is -0.380 e. The maximum atomic E-state index is 14.1. The highest BCUT2D eigenvalue weighted by molar-refractivity contribution is 5.84. The van der Waals surface area contributed by atoms with Crippen molar-refractivity contribution in [2.75, 3.05) is 43.6 Å². The predicted molar refractivity (Wildman–Crippen MR) is 183 cm³/mol. The highest BCUT2D eigenvalue weighted by Crippen LogP contribution is 2.41. The van der Waals surface area contributed by atoms with Crippen molar-refractivity contribution in [1.82, 2.24) is 14.1 Å². The van der Waals surface area contributed by atoms with Crippen molar-refractivity contribution in [2.45, 2.75) is 31.8 Å². The summed E-state index contributed by atoms with van der Waals surface area (Å²) in [6.45, 7) is 3.19. The summed E-state index contributed by atoms with van der Waals surface area (Å²) < 4.78 is 14.3. The van der Waals surface area contributed by atoms with Crippen molar-refractivity contribution in [3.05, 3.63) is 111 Å². The molecule has 1 aliphatic carbocycles. The monoisotopic (exact) mass is 631 g/mol. The topological polar surface area (TPSA) is 108 Å². The first-order valence-corrected chi connectivity index (χ1v) is 16.0. The van der Waals surface area contributed by atoms with E-state index in [2.05, 4.69) is 21.3 Å². The van der Waals surface area contributed by atoms with E-state index in [0.717, 1.165) is 60.0 Å². The second kappa shape index (κ2) is 13.0. The van der Waals surface area contributed by atoms with Crippen LogP contribution in [0.1, 0.15) is 35.6 Å². The second-order valence-electron chi connectivity index (χ2n) is 12.2. The van der Waals surface area contributed by atoms with Crippen molar-refractivity contribution < 1.29 is 14.3 Å². The van der Waals surface area contributed by atoms with E-state index < -0.39 is 0 Å². The lowest BCUT2D eigenvalue weighted by Gasteiger charge is -2.28. The molecule has 1 saturated heterocycles. The van der Waals surface area contributed by atoms with Gasteiger partial charge in [0.15, 0.2) is 0 Å². The van der Waals surface area contributed by atoms with E-state index in [-0.39, 0.29) is 24.1 Å². The Kier molecular flexibility index (Phi) is 8.45. The summed E-state index contributed by atoms with van der Waals surface area (Å²) in [6.07, 6.45) is 6.81. The van der Waals surface area contributed by atoms with Crippen LogP contribution in [0.2, 0.25) is 0 Å². The molecular formula is C37H37N5O5. The van der Waals surface area contributed by atoms with Gasteiger partial charge < -0.3 is 29.1 Å². The molecule has 0 radical (unpaired) electrons. The van der Waals surface area contributed by atoms with E-state index >= 15 is 0 Å². The number of pyridine rings is 3. The molecule has 2 aromatic carbocycles. The maximum absolute atomic E-state index is 14.1. The van der Waals surface area contributed by atoms with Gasteiger partial charge in [0, 0.05) is 62.1 Å². The van der Waals surface area contributed by atoms with Gasteiger partial charge in [-0.2, -0.15) is 0 Å². The highest BCUT2D eigenvalue weighted by Gasteiger charge is 2.24. The normalized spacial score (nSPS) is 14.8. The number of fused-ring (bicyclic) bond motifs is 1. The third-order valence-corrected chi connectivity index (χ3v) is 9.02. The van der Waals surface area contributed by atoms with Crippen molar-refractivity contribution in [2.24, 2.45) is 7.05 Å². The summed E-state index contributed by atoms with van der Waals surface area (Å²) in [4.78, 5) is 46.1. The quantitative estimate of drug-likeness (QED) is 0.212. The minimum atomic E-state index is -0.207. The van der Waals surface area contributed by atoms with E-state index in [9.17, 15) is 14.4 Å². The molecule has 1 saturated carbocycles. The SMILES string of the molecule is COCc1c(-c2cc(Nc3ccc(N4CCOCC4)cn3)c(=O)n(C)c2)cccc1-n1c(CC=O)cc2cc(C3CC3)ccc2c1=O. The zero-order chi connectivity index (χ0) is 32.5. The van der Waals surface area contributed by atoms with Gasteiger partial charge >= 0.3 is 0 Å². The number of aldehydes is 1. The molecule has 3 aromatic heterocycles. The van der Waals surface area contributed by atoms with Crippen LogP contribution in [0, 0.1) is 0 Å². The molecule has 0 unspecified atom stereocenters. The van der Waals surface area contributed by atoms with Gasteiger partial charge in [-0.15, -0.1) is 0 Å². The number of rotatable bonds is 10. The number of nitrogens with zero attached hydrogens (tertiary/aromatic N) is 4. The fourth-order valence-electron chi connectivity index (χ4n) is 6.47. The number of ether oxygens (including phenoxy) is 2. The van der Waals surface area contributed by atoms with E-state index in [1.54, 1.807) is 37.2 Å². The molecule has 47 heavy (non-hydrogen) atoms. The molecule has 0 amide bonds. The van der Waals surface area contributed by atoms with Gasteiger partial charge in [0.25, 0.3) is 11.1 Å². The lowest BCUT2D eigenvalue weighted by molar-refractivity contribution is -0.107.